The first-order valence-electron chi connectivity index (χ1n) is 5.65. The zero-order chi connectivity index (χ0) is 12.5. The van der Waals surface area contributed by atoms with Gasteiger partial charge in [0.25, 0.3) is 0 Å². The fourth-order valence-electron chi connectivity index (χ4n) is 2.08. The number of hydrogen-bond donors (Lipinski definition) is 2. The topological polar surface area (TPSA) is 85.1 Å². The molecule has 94 valence electrons. The van der Waals surface area contributed by atoms with Crippen molar-refractivity contribution >= 4 is 21.3 Å². The number of nitrogens with zero attached hydrogens (tertiary/aromatic N) is 1. The van der Waals surface area contributed by atoms with Crippen molar-refractivity contribution in [3.05, 3.63) is 17.8 Å². The van der Waals surface area contributed by atoms with Gasteiger partial charge in [-0.15, -0.1) is 0 Å². The number of anilines is 2. The summed E-state index contributed by atoms with van der Waals surface area (Å²) in [5.74, 6) is 1.22. The fraction of sp³-hybridized carbons (Fsp3) is 0.545. The number of nitrogens with two attached hydrogens (primary N) is 1. The Labute approximate surface area is 101 Å². The van der Waals surface area contributed by atoms with Crippen LogP contribution >= 0.6 is 0 Å². The molecule has 1 aromatic heterocycles. The molecule has 6 heteroatoms. The summed E-state index contributed by atoms with van der Waals surface area (Å²) < 4.78 is 23.0. The van der Waals surface area contributed by atoms with Crippen LogP contribution in [0.4, 0.5) is 11.5 Å². The molecule has 0 spiro atoms. The van der Waals surface area contributed by atoms with Gasteiger partial charge in [-0.2, -0.15) is 0 Å². The number of pyridine rings is 1. The minimum Gasteiger partial charge on any atom is -0.397 e. The second-order valence-electron chi connectivity index (χ2n) is 4.53. The first-order valence-corrected chi connectivity index (χ1v) is 7.47. The lowest BCUT2D eigenvalue weighted by Crippen LogP contribution is -2.35. The molecule has 5 nitrogen and oxygen atoms in total. The normalized spacial score (nSPS) is 23.2. The molecule has 1 aliphatic rings. The molecular weight excluding hydrogens is 238 g/mol. The van der Waals surface area contributed by atoms with Crippen LogP contribution in [0.2, 0.25) is 0 Å². The van der Waals surface area contributed by atoms with Crippen molar-refractivity contribution in [2.75, 3.05) is 22.6 Å². The van der Waals surface area contributed by atoms with Crippen LogP contribution in [0.5, 0.6) is 0 Å². The van der Waals surface area contributed by atoms with E-state index >= 15 is 0 Å². The third-order valence-electron chi connectivity index (χ3n) is 2.90. The van der Waals surface area contributed by atoms with Gasteiger partial charge < -0.3 is 11.1 Å². The van der Waals surface area contributed by atoms with Gasteiger partial charge in [0.05, 0.1) is 23.4 Å². The zero-order valence-electron chi connectivity index (χ0n) is 9.81. The van der Waals surface area contributed by atoms with Gasteiger partial charge in [0.1, 0.15) is 5.82 Å². The van der Waals surface area contributed by atoms with Crippen molar-refractivity contribution in [2.24, 2.45) is 0 Å². The molecule has 0 bridgehead atoms. The van der Waals surface area contributed by atoms with E-state index in [9.17, 15) is 8.42 Å². The van der Waals surface area contributed by atoms with E-state index in [-0.39, 0.29) is 11.8 Å². The number of rotatable bonds is 2. The van der Waals surface area contributed by atoms with Gasteiger partial charge in [0.15, 0.2) is 9.84 Å². The fourth-order valence-corrected chi connectivity index (χ4v) is 3.71. The van der Waals surface area contributed by atoms with E-state index in [4.69, 9.17) is 5.73 Å². The Kier molecular flexibility index (Phi) is 3.24. The van der Waals surface area contributed by atoms with Crippen molar-refractivity contribution in [3.8, 4) is 0 Å². The van der Waals surface area contributed by atoms with Crippen molar-refractivity contribution < 1.29 is 8.42 Å². The Morgan fingerprint density at radius 3 is 2.94 bits per heavy atom. The molecule has 1 atom stereocenters. The number of aromatic nitrogens is 1. The maximum absolute atomic E-state index is 11.5. The van der Waals surface area contributed by atoms with Crippen LogP contribution in [0.3, 0.4) is 0 Å². The number of aryl methyl sites for hydroxylation is 1. The van der Waals surface area contributed by atoms with E-state index in [1.54, 1.807) is 6.20 Å². The Morgan fingerprint density at radius 1 is 1.53 bits per heavy atom. The molecule has 1 aliphatic heterocycles. The lowest BCUT2D eigenvalue weighted by molar-refractivity contribution is 0.561. The van der Waals surface area contributed by atoms with Crippen LogP contribution in [-0.4, -0.2) is 30.9 Å². The molecule has 2 rings (SSSR count). The summed E-state index contributed by atoms with van der Waals surface area (Å²) in [6.07, 6.45) is 3.16. The summed E-state index contributed by atoms with van der Waals surface area (Å²) in [5.41, 5.74) is 7.17. The summed E-state index contributed by atoms with van der Waals surface area (Å²) >= 11 is 0. The van der Waals surface area contributed by atoms with Crippen molar-refractivity contribution in [1.82, 2.24) is 4.98 Å². The Hall–Kier alpha value is -1.30. The highest BCUT2D eigenvalue weighted by atomic mass is 32.2. The Morgan fingerprint density at radius 2 is 2.29 bits per heavy atom. The van der Waals surface area contributed by atoms with E-state index in [1.165, 1.54) is 0 Å². The summed E-state index contributed by atoms with van der Waals surface area (Å²) in [4.78, 5) is 4.19. The maximum atomic E-state index is 11.5. The average molecular weight is 255 g/mol. The highest BCUT2D eigenvalue weighted by molar-refractivity contribution is 7.91. The third-order valence-corrected chi connectivity index (χ3v) is 4.72. The minimum absolute atomic E-state index is 0.0384. The molecule has 1 saturated heterocycles. The Balaban J connectivity index is 2.10. The van der Waals surface area contributed by atoms with Gasteiger partial charge in [0, 0.05) is 6.04 Å². The number of hydrogen-bond acceptors (Lipinski definition) is 5. The molecular formula is C11H17N3O2S. The highest BCUT2D eigenvalue weighted by Crippen LogP contribution is 2.19. The largest absolute Gasteiger partial charge is 0.397 e. The van der Waals surface area contributed by atoms with Crippen molar-refractivity contribution in [3.63, 3.8) is 0 Å². The standard InChI is InChI=1S/C11H17N3O2S/c1-8-5-9(12)6-13-11(8)14-10-3-2-4-17(15,16)7-10/h5-6,10H,2-4,7,12H2,1H3,(H,13,14). The van der Waals surface area contributed by atoms with Crippen LogP contribution in [0.1, 0.15) is 18.4 Å². The lowest BCUT2D eigenvalue weighted by Gasteiger charge is -2.24. The number of nitrogens with one attached hydrogen (secondary N) is 1. The van der Waals surface area contributed by atoms with E-state index in [0.29, 0.717) is 17.9 Å². The van der Waals surface area contributed by atoms with E-state index in [2.05, 4.69) is 10.3 Å². The van der Waals surface area contributed by atoms with Gasteiger partial charge in [0.2, 0.25) is 0 Å². The molecule has 0 radical (unpaired) electrons. The van der Waals surface area contributed by atoms with Gasteiger partial charge in [-0.25, -0.2) is 13.4 Å². The van der Waals surface area contributed by atoms with Gasteiger partial charge in [-0.1, -0.05) is 0 Å². The van der Waals surface area contributed by atoms with E-state index in [0.717, 1.165) is 17.8 Å². The van der Waals surface area contributed by atoms with Gasteiger partial charge in [-0.05, 0) is 31.4 Å². The molecule has 1 unspecified atom stereocenters. The minimum atomic E-state index is -2.89. The zero-order valence-corrected chi connectivity index (χ0v) is 10.6. The molecule has 0 saturated carbocycles. The van der Waals surface area contributed by atoms with Gasteiger partial charge >= 0.3 is 0 Å². The van der Waals surface area contributed by atoms with Crippen LogP contribution in [0.25, 0.3) is 0 Å². The van der Waals surface area contributed by atoms with Crippen LogP contribution in [0.15, 0.2) is 12.3 Å². The SMILES string of the molecule is Cc1cc(N)cnc1NC1CCCS(=O)(=O)C1. The first-order chi connectivity index (χ1) is 7.96. The monoisotopic (exact) mass is 255 g/mol. The predicted octanol–water partition coefficient (Wildman–Crippen LogP) is 0.961. The average Bonchev–Trinajstić information content (AvgIpc) is 2.21. The van der Waals surface area contributed by atoms with E-state index < -0.39 is 9.84 Å². The predicted molar refractivity (Wildman–Crippen MR) is 68.7 cm³/mol. The molecule has 3 N–H and O–H groups in total. The van der Waals surface area contributed by atoms with Crippen LogP contribution in [0, 0.1) is 6.92 Å². The summed E-state index contributed by atoms with van der Waals surface area (Å²) in [6.45, 7) is 1.91. The second kappa shape index (κ2) is 4.52. The molecule has 1 fully saturated rings. The number of nitrogen functional groups attached to an aromatic ring is 1. The van der Waals surface area contributed by atoms with Crippen molar-refractivity contribution in [2.45, 2.75) is 25.8 Å². The third kappa shape index (κ3) is 3.09. The quantitative estimate of drug-likeness (QED) is 0.822. The van der Waals surface area contributed by atoms with Crippen LogP contribution in [-0.2, 0) is 9.84 Å². The first kappa shape index (κ1) is 12.2. The molecule has 0 aromatic carbocycles. The Bertz CT molecular complexity index is 513. The summed E-state index contributed by atoms with van der Waals surface area (Å²) in [5, 5.41) is 3.19. The summed E-state index contributed by atoms with van der Waals surface area (Å²) in [7, 11) is -2.89. The molecule has 0 aliphatic carbocycles. The van der Waals surface area contributed by atoms with E-state index in [1.807, 2.05) is 13.0 Å². The molecule has 0 amide bonds. The smallest absolute Gasteiger partial charge is 0.152 e. The maximum Gasteiger partial charge on any atom is 0.152 e. The molecule has 17 heavy (non-hydrogen) atoms. The van der Waals surface area contributed by atoms with Crippen LogP contribution < -0.4 is 11.1 Å². The van der Waals surface area contributed by atoms with Gasteiger partial charge in [-0.3, -0.25) is 0 Å². The summed E-state index contributed by atoms with van der Waals surface area (Å²) in [6, 6.07) is 1.79. The second-order valence-corrected chi connectivity index (χ2v) is 6.76. The molecule has 2 heterocycles. The lowest BCUT2D eigenvalue weighted by atomic mass is 10.1. The number of sulfone groups is 1. The molecule has 1 aromatic rings. The highest BCUT2D eigenvalue weighted by Gasteiger charge is 2.25. The van der Waals surface area contributed by atoms with Crippen molar-refractivity contribution in [1.29, 1.82) is 0 Å².